The van der Waals surface area contributed by atoms with E-state index in [1.807, 2.05) is 31.2 Å². The lowest BCUT2D eigenvalue weighted by Gasteiger charge is -2.04. The number of nitrogens with one attached hydrogen (secondary N) is 1. The van der Waals surface area contributed by atoms with E-state index >= 15 is 0 Å². The van der Waals surface area contributed by atoms with Crippen molar-refractivity contribution in [1.29, 1.82) is 0 Å². The Bertz CT molecular complexity index is 370. The van der Waals surface area contributed by atoms with Crippen molar-refractivity contribution in [2.24, 2.45) is 0 Å². The Hall–Kier alpha value is -1.84. The molecule has 1 aromatic rings. The van der Waals surface area contributed by atoms with E-state index in [1.54, 1.807) is 0 Å². The van der Waals surface area contributed by atoms with Crippen molar-refractivity contribution in [3.05, 3.63) is 29.8 Å². The number of anilines is 1. The average Bonchev–Trinajstić information content (AvgIpc) is 2.29. The molecule has 1 amide bonds. The van der Waals surface area contributed by atoms with E-state index in [4.69, 9.17) is 0 Å². The third-order valence-corrected chi connectivity index (χ3v) is 2.12. The molecule has 0 heterocycles. The van der Waals surface area contributed by atoms with Crippen LogP contribution in [0.15, 0.2) is 24.3 Å². The van der Waals surface area contributed by atoms with Crippen LogP contribution >= 0.6 is 0 Å². The van der Waals surface area contributed by atoms with Crippen molar-refractivity contribution >= 4 is 17.6 Å². The van der Waals surface area contributed by atoms with E-state index in [2.05, 4.69) is 10.1 Å². The van der Waals surface area contributed by atoms with E-state index in [9.17, 15) is 9.59 Å². The molecule has 1 N–H and O–H groups in total. The van der Waals surface area contributed by atoms with Gasteiger partial charge in [0.2, 0.25) is 5.91 Å². The molecule has 0 atom stereocenters. The molecule has 0 spiro atoms. The van der Waals surface area contributed by atoms with Crippen LogP contribution in [-0.4, -0.2) is 19.0 Å². The third kappa shape index (κ3) is 4.13. The summed E-state index contributed by atoms with van der Waals surface area (Å²) >= 11 is 0. The molecule has 1 rings (SSSR count). The van der Waals surface area contributed by atoms with E-state index < -0.39 is 0 Å². The van der Waals surface area contributed by atoms with Gasteiger partial charge in [-0.25, -0.2) is 0 Å². The second-order valence-corrected chi connectivity index (χ2v) is 3.49. The minimum Gasteiger partial charge on any atom is -0.469 e. The van der Waals surface area contributed by atoms with Crippen LogP contribution in [0, 0.1) is 6.92 Å². The molecule has 0 saturated carbocycles. The van der Waals surface area contributed by atoms with Crippen molar-refractivity contribution in [3.63, 3.8) is 0 Å². The molecule has 4 heteroatoms. The molecular formula is C12H15NO3. The summed E-state index contributed by atoms with van der Waals surface area (Å²) in [6, 6.07) is 7.47. The van der Waals surface area contributed by atoms with Crippen molar-refractivity contribution < 1.29 is 14.3 Å². The van der Waals surface area contributed by atoms with Crippen LogP contribution in [0.5, 0.6) is 0 Å². The van der Waals surface area contributed by atoms with Gasteiger partial charge in [0.25, 0.3) is 0 Å². The summed E-state index contributed by atoms with van der Waals surface area (Å²) in [5.41, 5.74) is 1.87. The SMILES string of the molecule is COC(=O)CCC(=O)Nc1ccc(C)cc1. The van der Waals surface area contributed by atoms with Gasteiger partial charge < -0.3 is 10.1 Å². The van der Waals surface area contributed by atoms with Gasteiger partial charge in [-0.1, -0.05) is 17.7 Å². The normalized spacial score (nSPS) is 9.62. The topological polar surface area (TPSA) is 55.4 Å². The number of hydrogen-bond donors (Lipinski definition) is 1. The summed E-state index contributed by atoms with van der Waals surface area (Å²) in [7, 11) is 1.31. The van der Waals surface area contributed by atoms with Crippen molar-refractivity contribution in [2.45, 2.75) is 19.8 Å². The summed E-state index contributed by atoms with van der Waals surface area (Å²) in [5.74, 6) is -0.562. The molecule has 86 valence electrons. The smallest absolute Gasteiger partial charge is 0.306 e. The predicted molar refractivity (Wildman–Crippen MR) is 61.1 cm³/mol. The molecule has 0 aromatic heterocycles. The number of esters is 1. The Kier molecular flexibility index (Phi) is 4.51. The zero-order valence-electron chi connectivity index (χ0n) is 9.45. The molecule has 0 fully saturated rings. The second-order valence-electron chi connectivity index (χ2n) is 3.49. The maximum atomic E-state index is 11.4. The number of rotatable bonds is 4. The summed E-state index contributed by atoms with van der Waals surface area (Å²) in [6.45, 7) is 1.98. The lowest BCUT2D eigenvalue weighted by atomic mass is 10.2. The number of carbonyl (C=O) groups is 2. The maximum absolute atomic E-state index is 11.4. The summed E-state index contributed by atoms with van der Waals surface area (Å²) in [5, 5.41) is 2.70. The molecule has 16 heavy (non-hydrogen) atoms. The predicted octanol–water partition coefficient (Wildman–Crippen LogP) is 1.89. The molecule has 0 aliphatic carbocycles. The highest BCUT2D eigenvalue weighted by atomic mass is 16.5. The molecule has 0 radical (unpaired) electrons. The molecule has 1 aromatic carbocycles. The number of amides is 1. The van der Waals surface area contributed by atoms with E-state index in [-0.39, 0.29) is 24.7 Å². The van der Waals surface area contributed by atoms with Gasteiger partial charge in [0.15, 0.2) is 0 Å². The van der Waals surface area contributed by atoms with Crippen molar-refractivity contribution in [3.8, 4) is 0 Å². The fraction of sp³-hybridized carbons (Fsp3) is 0.333. The highest BCUT2D eigenvalue weighted by molar-refractivity contribution is 5.92. The van der Waals surface area contributed by atoms with Gasteiger partial charge in [0.1, 0.15) is 0 Å². The van der Waals surface area contributed by atoms with Gasteiger partial charge in [-0.05, 0) is 19.1 Å². The molecule has 0 bridgehead atoms. The first-order valence-electron chi connectivity index (χ1n) is 5.05. The lowest BCUT2D eigenvalue weighted by molar-refractivity contribution is -0.141. The second kappa shape index (κ2) is 5.90. The Morgan fingerprint density at radius 3 is 2.38 bits per heavy atom. The Labute approximate surface area is 94.6 Å². The van der Waals surface area contributed by atoms with Crippen LogP contribution in [0.25, 0.3) is 0 Å². The number of aryl methyl sites for hydroxylation is 1. The third-order valence-electron chi connectivity index (χ3n) is 2.12. The zero-order chi connectivity index (χ0) is 12.0. The summed E-state index contributed by atoms with van der Waals surface area (Å²) in [6.07, 6.45) is 0.245. The maximum Gasteiger partial charge on any atom is 0.306 e. The van der Waals surface area contributed by atoms with Crippen LogP contribution in [0.4, 0.5) is 5.69 Å². The molecule has 0 unspecified atom stereocenters. The van der Waals surface area contributed by atoms with E-state index in [0.29, 0.717) is 0 Å². The fourth-order valence-electron chi connectivity index (χ4n) is 1.18. The first-order chi connectivity index (χ1) is 7.61. The van der Waals surface area contributed by atoms with Gasteiger partial charge in [0, 0.05) is 12.1 Å². The minimum atomic E-state index is -0.376. The largest absolute Gasteiger partial charge is 0.469 e. The standard InChI is InChI=1S/C12H15NO3/c1-9-3-5-10(6-4-9)13-11(14)7-8-12(15)16-2/h3-6H,7-8H2,1-2H3,(H,13,14). The highest BCUT2D eigenvalue weighted by Gasteiger charge is 2.06. The summed E-state index contributed by atoms with van der Waals surface area (Å²) in [4.78, 5) is 22.2. The molecule has 0 aliphatic rings. The average molecular weight is 221 g/mol. The number of ether oxygens (including phenoxy) is 1. The first kappa shape index (κ1) is 12.2. The molecule has 0 saturated heterocycles. The lowest BCUT2D eigenvalue weighted by Crippen LogP contribution is -2.13. The first-order valence-corrected chi connectivity index (χ1v) is 5.05. The van der Waals surface area contributed by atoms with Crippen LogP contribution in [0.3, 0.4) is 0 Å². The van der Waals surface area contributed by atoms with Crippen LogP contribution < -0.4 is 5.32 Å². The number of methoxy groups -OCH3 is 1. The van der Waals surface area contributed by atoms with Crippen LogP contribution in [0.2, 0.25) is 0 Å². The minimum absolute atomic E-state index is 0.105. The Balaban J connectivity index is 2.40. The Morgan fingerprint density at radius 1 is 1.19 bits per heavy atom. The van der Waals surface area contributed by atoms with Gasteiger partial charge in [-0.3, -0.25) is 9.59 Å². The molecule has 4 nitrogen and oxygen atoms in total. The van der Waals surface area contributed by atoms with Crippen LogP contribution in [-0.2, 0) is 14.3 Å². The van der Waals surface area contributed by atoms with Crippen molar-refractivity contribution in [2.75, 3.05) is 12.4 Å². The monoisotopic (exact) mass is 221 g/mol. The van der Waals surface area contributed by atoms with Crippen molar-refractivity contribution in [1.82, 2.24) is 0 Å². The molecular weight excluding hydrogens is 206 g/mol. The van der Waals surface area contributed by atoms with Gasteiger partial charge in [-0.15, -0.1) is 0 Å². The van der Waals surface area contributed by atoms with Gasteiger partial charge in [-0.2, -0.15) is 0 Å². The number of carbonyl (C=O) groups excluding carboxylic acids is 2. The van der Waals surface area contributed by atoms with Gasteiger partial charge in [0.05, 0.1) is 13.5 Å². The fourth-order valence-corrected chi connectivity index (χ4v) is 1.18. The zero-order valence-corrected chi connectivity index (χ0v) is 9.45. The summed E-state index contributed by atoms with van der Waals surface area (Å²) < 4.78 is 4.45. The van der Waals surface area contributed by atoms with E-state index in [0.717, 1.165) is 11.3 Å². The number of benzene rings is 1. The Morgan fingerprint density at radius 2 is 1.81 bits per heavy atom. The quantitative estimate of drug-likeness (QED) is 0.790. The van der Waals surface area contributed by atoms with Gasteiger partial charge >= 0.3 is 5.97 Å². The highest BCUT2D eigenvalue weighted by Crippen LogP contribution is 2.09. The van der Waals surface area contributed by atoms with E-state index in [1.165, 1.54) is 7.11 Å². The molecule has 0 aliphatic heterocycles. The number of hydrogen-bond acceptors (Lipinski definition) is 3. The van der Waals surface area contributed by atoms with Crippen LogP contribution in [0.1, 0.15) is 18.4 Å².